The number of hydrogen-bond acceptors (Lipinski definition) is 4. The molecule has 0 radical (unpaired) electrons. The summed E-state index contributed by atoms with van der Waals surface area (Å²) < 4.78 is 46.5. The van der Waals surface area contributed by atoms with E-state index in [1.54, 1.807) is 44.2 Å². The zero-order valence-electron chi connectivity index (χ0n) is 18.8. The summed E-state index contributed by atoms with van der Waals surface area (Å²) in [7, 11) is -2.46. The van der Waals surface area contributed by atoms with E-state index >= 15 is 0 Å². The Bertz CT molecular complexity index is 1200. The maximum atomic E-state index is 13.5. The van der Waals surface area contributed by atoms with E-state index < -0.39 is 22.0 Å². The van der Waals surface area contributed by atoms with Crippen LogP contribution in [0, 0.1) is 12.7 Å². The van der Waals surface area contributed by atoms with Gasteiger partial charge in [-0.1, -0.05) is 42.5 Å². The maximum absolute atomic E-state index is 13.5. The lowest BCUT2D eigenvalue weighted by Crippen LogP contribution is -2.41. The third-order valence-corrected chi connectivity index (χ3v) is 7.06. The number of methoxy groups -OCH3 is 1. The Morgan fingerprint density at radius 1 is 1.06 bits per heavy atom. The fourth-order valence-electron chi connectivity index (χ4n) is 3.46. The van der Waals surface area contributed by atoms with Gasteiger partial charge in [-0.3, -0.25) is 4.79 Å². The van der Waals surface area contributed by atoms with Gasteiger partial charge in [0, 0.05) is 6.54 Å². The SMILES string of the molecule is COc1ccc(S(=O)(=O)N(CC(=O)N[C@H](C)c2ccc(F)cc2)Cc2ccccc2)cc1C. The van der Waals surface area contributed by atoms with Crippen molar-refractivity contribution in [1.29, 1.82) is 0 Å². The number of amides is 1. The minimum absolute atomic E-state index is 0.0343. The molecule has 0 bridgehead atoms. The topological polar surface area (TPSA) is 75.7 Å². The van der Waals surface area contributed by atoms with Gasteiger partial charge in [0.2, 0.25) is 15.9 Å². The van der Waals surface area contributed by atoms with Crippen molar-refractivity contribution in [2.45, 2.75) is 31.3 Å². The summed E-state index contributed by atoms with van der Waals surface area (Å²) in [5.74, 6) is -0.252. The van der Waals surface area contributed by atoms with Crippen molar-refractivity contribution in [2.24, 2.45) is 0 Å². The molecule has 1 amide bonds. The number of sulfonamides is 1. The van der Waals surface area contributed by atoms with E-state index in [0.717, 1.165) is 9.87 Å². The zero-order valence-corrected chi connectivity index (χ0v) is 19.6. The predicted octanol–water partition coefficient (Wildman–Crippen LogP) is 4.21. The number of hydrogen-bond donors (Lipinski definition) is 1. The van der Waals surface area contributed by atoms with E-state index in [1.807, 2.05) is 18.2 Å². The van der Waals surface area contributed by atoms with Crippen LogP contribution >= 0.6 is 0 Å². The molecule has 3 rings (SSSR count). The van der Waals surface area contributed by atoms with E-state index in [1.165, 1.54) is 31.4 Å². The third-order valence-electron chi connectivity index (χ3n) is 5.27. The molecule has 33 heavy (non-hydrogen) atoms. The molecule has 0 spiro atoms. The molecule has 0 heterocycles. The third kappa shape index (κ3) is 6.18. The monoisotopic (exact) mass is 470 g/mol. The van der Waals surface area contributed by atoms with Crippen LogP contribution in [0.4, 0.5) is 4.39 Å². The van der Waals surface area contributed by atoms with Crippen molar-refractivity contribution in [2.75, 3.05) is 13.7 Å². The van der Waals surface area contributed by atoms with Gasteiger partial charge in [0.15, 0.2) is 0 Å². The van der Waals surface area contributed by atoms with Crippen molar-refractivity contribution in [1.82, 2.24) is 9.62 Å². The van der Waals surface area contributed by atoms with Gasteiger partial charge in [-0.2, -0.15) is 4.31 Å². The second-order valence-corrected chi connectivity index (χ2v) is 9.67. The lowest BCUT2D eigenvalue weighted by Gasteiger charge is -2.23. The van der Waals surface area contributed by atoms with Crippen LogP contribution < -0.4 is 10.1 Å². The molecule has 1 atom stereocenters. The Morgan fingerprint density at radius 2 is 1.73 bits per heavy atom. The first-order chi connectivity index (χ1) is 15.7. The molecule has 174 valence electrons. The number of nitrogens with one attached hydrogen (secondary N) is 1. The highest BCUT2D eigenvalue weighted by molar-refractivity contribution is 7.89. The number of rotatable bonds is 9. The number of carbonyl (C=O) groups excluding carboxylic acids is 1. The van der Waals surface area contributed by atoms with Crippen LogP contribution in [0.5, 0.6) is 5.75 Å². The number of ether oxygens (including phenoxy) is 1. The molecule has 0 saturated carbocycles. The fourth-order valence-corrected chi connectivity index (χ4v) is 4.93. The van der Waals surface area contributed by atoms with Crippen molar-refractivity contribution >= 4 is 15.9 Å². The largest absolute Gasteiger partial charge is 0.496 e. The first-order valence-electron chi connectivity index (χ1n) is 10.4. The van der Waals surface area contributed by atoms with Gasteiger partial charge >= 0.3 is 0 Å². The summed E-state index contributed by atoms with van der Waals surface area (Å²) in [6, 6.07) is 19.1. The van der Waals surface area contributed by atoms with E-state index in [2.05, 4.69) is 5.32 Å². The van der Waals surface area contributed by atoms with Crippen LogP contribution in [-0.2, 0) is 21.4 Å². The normalized spacial score (nSPS) is 12.4. The molecule has 3 aromatic carbocycles. The average molecular weight is 471 g/mol. The van der Waals surface area contributed by atoms with Gasteiger partial charge in [0.1, 0.15) is 11.6 Å². The quantitative estimate of drug-likeness (QED) is 0.508. The summed E-state index contributed by atoms with van der Waals surface area (Å²) in [6.07, 6.45) is 0. The summed E-state index contributed by atoms with van der Waals surface area (Å²) in [4.78, 5) is 12.9. The summed E-state index contributed by atoms with van der Waals surface area (Å²) in [5.41, 5.74) is 2.14. The second-order valence-electron chi connectivity index (χ2n) is 7.73. The predicted molar refractivity (Wildman–Crippen MR) is 125 cm³/mol. The van der Waals surface area contributed by atoms with Crippen LogP contribution in [0.15, 0.2) is 77.7 Å². The lowest BCUT2D eigenvalue weighted by atomic mass is 10.1. The zero-order chi connectivity index (χ0) is 24.0. The van der Waals surface area contributed by atoms with Crippen LogP contribution in [0.3, 0.4) is 0 Å². The van der Waals surface area contributed by atoms with Crippen molar-refractivity contribution in [3.05, 3.63) is 95.3 Å². The Labute approximate surface area is 194 Å². The van der Waals surface area contributed by atoms with Crippen molar-refractivity contribution in [3.63, 3.8) is 0 Å². The first-order valence-corrected chi connectivity index (χ1v) is 11.9. The van der Waals surface area contributed by atoms with Crippen LogP contribution in [-0.4, -0.2) is 32.3 Å². The van der Waals surface area contributed by atoms with Gasteiger partial charge in [-0.25, -0.2) is 12.8 Å². The molecule has 1 N–H and O–H groups in total. The molecular weight excluding hydrogens is 443 g/mol. The van der Waals surface area contributed by atoms with Crippen LogP contribution in [0.2, 0.25) is 0 Å². The summed E-state index contributed by atoms with van der Waals surface area (Å²) in [5, 5.41) is 2.80. The molecule has 8 heteroatoms. The van der Waals surface area contributed by atoms with E-state index in [4.69, 9.17) is 4.74 Å². The second kappa shape index (κ2) is 10.6. The van der Waals surface area contributed by atoms with Gasteiger partial charge in [-0.15, -0.1) is 0 Å². The highest BCUT2D eigenvalue weighted by atomic mass is 32.2. The van der Waals surface area contributed by atoms with Gasteiger partial charge in [0.25, 0.3) is 0 Å². The molecule has 0 aromatic heterocycles. The standard InChI is InChI=1S/C25H27FN2O4S/c1-18-15-23(13-14-24(18)32-3)33(30,31)28(16-20-7-5-4-6-8-20)17-25(29)27-19(2)21-9-11-22(26)12-10-21/h4-15,19H,16-17H2,1-3H3,(H,27,29)/t19-/m1/s1. The fraction of sp³-hybridized carbons (Fsp3) is 0.240. The number of carbonyl (C=O) groups is 1. The van der Waals surface area contributed by atoms with Crippen LogP contribution in [0.1, 0.15) is 29.7 Å². The lowest BCUT2D eigenvalue weighted by molar-refractivity contribution is -0.122. The van der Waals surface area contributed by atoms with Gasteiger partial charge < -0.3 is 10.1 Å². The molecule has 0 saturated heterocycles. The molecule has 6 nitrogen and oxygen atoms in total. The Morgan fingerprint density at radius 3 is 2.33 bits per heavy atom. The number of benzene rings is 3. The van der Waals surface area contributed by atoms with Crippen molar-refractivity contribution in [3.8, 4) is 5.75 Å². The van der Waals surface area contributed by atoms with Gasteiger partial charge in [0.05, 0.1) is 24.6 Å². The first kappa shape index (κ1) is 24.4. The van der Waals surface area contributed by atoms with Crippen LogP contribution in [0.25, 0.3) is 0 Å². The minimum Gasteiger partial charge on any atom is -0.496 e. The van der Waals surface area contributed by atoms with E-state index in [9.17, 15) is 17.6 Å². The maximum Gasteiger partial charge on any atom is 0.243 e. The molecule has 0 unspecified atom stereocenters. The van der Waals surface area contributed by atoms with E-state index in [-0.39, 0.29) is 23.8 Å². The molecule has 0 aliphatic heterocycles. The summed E-state index contributed by atoms with van der Waals surface area (Å²) >= 11 is 0. The Hall–Kier alpha value is -3.23. The van der Waals surface area contributed by atoms with Crippen molar-refractivity contribution < 1.29 is 22.3 Å². The highest BCUT2D eigenvalue weighted by Crippen LogP contribution is 2.25. The molecule has 0 aliphatic rings. The average Bonchev–Trinajstić information content (AvgIpc) is 2.79. The molecular formula is C25H27FN2O4S. The molecule has 0 aliphatic carbocycles. The van der Waals surface area contributed by atoms with E-state index in [0.29, 0.717) is 16.9 Å². The smallest absolute Gasteiger partial charge is 0.243 e. The number of aryl methyl sites for hydroxylation is 1. The number of halogens is 1. The van der Waals surface area contributed by atoms with Gasteiger partial charge in [-0.05, 0) is 60.9 Å². The minimum atomic E-state index is -3.98. The molecule has 3 aromatic rings. The Kier molecular flexibility index (Phi) is 7.84. The molecule has 0 fully saturated rings. The number of nitrogens with zero attached hydrogens (tertiary/aromatic N) is 1. The summed E-state index contributed by atoms with van der Waals surface area (Å²) in [6.45, 7) is 3.19. The Balaban J connectivity index is 1.85. The highest BCUT2D eigenvalue weighted by Gasteiger charge is 2.28.